The second-order valence-corrected chi connectivity index (χ2v) is 7.63. The van der Waals surface area contributed by atoms with Crippen LogP contribution in [0.4, 0.5) is 0 Å². The van der Waals surface area contributed by atoms with Gasteiger partial charge in [0.2, 0.25) is 5.75 Å². The van der Waals surface area contributed by atoms with E-state index in [4.69, 9.17) is 23.7 Å². The molecule has 0 amide bonds. The smallest absolute Gasteiger partial charge is 0.335 e. The van der Waals surface area contributed by atoms with Gasteiger partial charge in [-0.15, -0.1) is 0 Å². The lowest BCUT2D eigenvalue weighted by Gasteiger charge is -2.30. The molecule has 0 aliphatic carbocycles. The summed E-state index contributed by atoms with van der Waals surface area (Å²) in [5, 5.41) is 0. The van der Waals surface area contributed by atoms with Crippen LogP contribution in [0.3, 0.4) is 0 Å². The van der Waals surface area contributed by atoms with Crippen LogP contribution in [0, 0.1) is 0 Å². The SMILES string of the molecule is C=CC(=O)OCCOc1ccc(C(C)(C)c2ccc(OC(=O)C=C)c(OCC)c2OCC)cc1. The number of esters is 2. The van der Waals surface area contributed by atoms with Crippen LogP contribution >= 0.6 is 0 Å². The molecule has 0 aromatic heterocycles. The van der Waals surface area contributed by atoms with Crippen molar-refractivity contribution in [2.75, 3.05) is 26.4 Å². The molecule has 2 aromatic rings. The van der Waals surface area contributed by atoms with Crippen LogP contribution in [0.5, 0.6) is 23.0 Å². The molecule has 0 N–H and O–H groups in total. The molecule has 0 saturated carbocycles. The predicted octanol–water partition coefficient (Wildman–Crippen LogP) is 5.01. The van der Waals surface area contributed by atoms with Gasteiger partial charge in [0, 0.05) is 23.1 Å². The fraction of sp³-hybridized carbons (Fsp3) is 0.333. The molecule has 0 spiro atoms. The van der Waals surface area contributed by atoms with Gasteiger partial charge in [-0.05, 0) is 37.6 Å². The second kappa shape index (κ2) is 12.5. The minimum absolute atomic E-state index is 0.138. The molecule has 2 aromatic carbocycles. The van der Waals surface area contributed by atoms with Crippen LogP contribution in [-0.2, 0) is 19.7 Å². The molecule has 0 bridgehead atoms. The molecule has 7 heteroatoms. The van der Waals surface area contributed by atoms with E-state index in [1.165, 1.54) is 0 Å². The number of hydrogen-bond acceptors (Lipinski definition) is 7. The van der Waals surface area contributed by atoms with Crippen molar-refractivity contribution in [3.05, 3.63) is 72.8 Å². The molecule has 0 saturated heterocycles. The largest absolute Gasteiger partial charge is 0.490 e. The third-order valence-electron chi connectivity index (χ3n) is 5.04. The van der Waals surface area contributed by atoms with Crippen molar-refractivity contribution in [1.82, 2.24) is 0 Å². The summed E-state index contributed by atoms with van der Waals surface area (Å²) in [4.78, 5) is 22.9. The molecule has 0 fully saturated rings. The maximum atomic E-state index is 11.8. The van der Waals surface area contributed by atoms with E-state index in [0.717, 1.165) is 23.3 Å². The van der Waals surface area contributed by atoms with Crippen molar-refractivity contribution in [3.8, 4) is 23.0 Å². The van der Waals surface area contributed by atoms with E-state index in [9.17, 15) is 9.59 Å². The molecule has 0 aliphatic heterocycles. The Morgan fingerprint density at radius 1 is 0.824 bits per heavy atom. The summed E-state index contributed by atoms with van der Waals surface area (Å²) in [6, 6.07) is 11.2. The lowest BCUT2D eigenvalue weighted by atomic mass is 9.77. The van der Waals surface area contributed by atoms with Crippen molar-refractivity contribution in [2.45, 2.75) is 33.1 Å². The number of ether oxygens (including phenoxy) is 5. The molecule has 34 heavy (non-hydrogen) atoms. The van der Waals surface area contributed by atoms with E-state index in [2.05, 4.69) is 27.0 Å². The van der Waals surface area contributed by atoms with E-state index >= 15 is 0 Å². The quantitative estimate of drug-likeness (QED) is 0.177. The molecule has 0 atom stereocenters. The van der Waals surface area contributed by atoms with E-state index in [-0.39, 0.29) is 19.0 Å². The first-order valence-corrected chi connectivity index (χ1v) is 11.1. The van der Waals surface area contributed by atoms with Crippen molar-refractivity contribution in [3.63, 3.8) is 0 Å². The highest BCUT2D eigenvalue weighted by molar-refractivity contribution is 5.84. The summed E-state index contributed by atoms with van der Waals surface area (Å²) in [5.74, 6) is 0.761. The Labute approximate surface area is 200 Å². The van der Waals surface area contributed by atoms with Gasteiger partial charge in [-0.3, -0.25) is 0 Å². The Morgan fingerprint density at radius 3 is 2.03 bits per heavy atom. The normalized spacial score (nSPS) is 10.7. The summed E-state index contributed by atoms with van der Waals surface area (Å²) < 4.78 is 27.8. The highest BCUT2D eigenvalue weighted by atomic mass is 16.6. The zero-order valence-electron chi connectivity index (χ0n) is 20.2. The molecule has 0 heterocycles. The van der Waals surface area contributed by atoms with Gasteiger partial charge in [-0.1, -0.05) is 45.2 Å². The van der Waals surface area contributed by atoms with E-state index in [1.54, 1.807) is 6.07 Å². The summed E-state index contributed by atoms with van der Waals surface area (Å²) >= 11 is 0. The standard InChI is InChI=1S/C27H32O7/c1-7-23(28)33-18-17-32-20-13-11-19(12-14-20)27(5,6)21-15-16-22(34-24(29)8-2)26(31-10-4)25(21)30-9-3/h7-8,11-16H,1-2,9-10,17-18H2,3-6H3. The van der Waals surface area contributed by atoms with Gasteiger partial charge in [-0.25, -0.2) is 9.59 Å². The first kappa shape index (κ1) is 26.5. The Kier molecular flexibility index (Phi) is 9.74. The van der Waals surface area contributed by atoms with Crippen molar-refractivity contribution < 1.29 is 33.3 Å². The van der Waals surface area contributed by atoms with Gasteiger partial charge in [-0.2, -0.15) is 0 Å². The van der Waals surface area contributed by atoms with Crippen molar-refractivity contribution in [1.29, 1.82) is 0 Å². The van der Waals surface area contributed by atoms with Gasteiger partial charge in [0.15, 0.2) is 11.5 Å². The number of rotatable bonds is 13. The van der Waals surface area contributed by atoms with Crippen LogP contribution in [0.25, 0.3) is 0 Å². The van der Waals surface area contributed by atoms with Crippen molar-refractivity contribution in [2.24, 2.45) is 0 Å². The molecule has 0 aliphatic rings. The fourth-order valence-electron chi connectivity index (χ4n) is 3.32. The zero-order chi connectivity index (χ0) is 25.1. The molecule has 7 nitrogen and oxygen atoms in total. The first-order chi connectivity index (χ1) is 16.3. The third kappa shape index (κ3) is 6.63. The van der Waals surface area contributed by atoms with Crippen LogP contribution in [0.1, 0.15) is 38.8 Å². The molecule has 182 valence electrons. The average molecular weight is 469 g/mol. The first-order valence-electron chi connectivity index (χ1n) is 11.1. The molecular weight excluding hydrogens is 436 g/mol. The van der Waals surface area contributed by atoms with Gasteiger partial charge < -0.3 is 23.7 Å². The number of hydrogen-bond donors (Lipinski definition) is 0. The zero-order valence-corrected chi connectivity index (χ0v) is 20.2. The minimum Gasteiger partial charge on any atom is -0.490 e. The highest BCUT2D eigenvalue weighted by Gasteiger charge is 2.31. The summed E-state index contributed by atoms with van der Waals surface area (Å²) in [6.07, 6.45) is 2.21. The lowest BCUT2D eigenvalue weighted by molar-refractivity contribution is -0.138. The highest BCUT2D eigenvalue weighted by Crippen LogP contribution is 2.47. The van der Waals surface area contributed by atoms with Gasteiger partial charge in [0.25, 0.3) is 0 Å². The maximum absolute atomic E-state index is 11.8. The monoisotopic (exact) mass is 468 g/mol. The molecule has 0 unspecified atom stereocenters. The van der Waals surface area contributed by atoms with Crippen LogP contribution in [-0.4, -0.2) is 38.4 Å². The number of benzene rings is 2. The predicted molar refractivity (Wildman–Crippen MR) is 130 cm³/mol. The minimum atomic E-state index is -0.578. The van der Waals surface area contributed by atoms with Crippen molar-refractivity contribution >= 4 is 11.9 Å². The number of carbonyl (C=O) groups is 2. The summed E-state index contributed by atoms with van der Waals surface area (Å²) in [5.41, 5.74) is 1.41. The molecule has 0 radical (unpaired) electrons. The van der Waals surface area contributed by atoms with Gasteiger partial charge >= 0.3 is 11.9 Å². The molecule has 2 rings (SSSR count). The fourth-order valence-corrected chi connectivity index (χ4v) is 3.32. The Balaban J connectivity index is 2.34. The topological polar surface area (TPSA) is 80.3 Å². The van der Waals surface area contributed by atoms with Gasteiger partial charge in [0.1, 0.15) is 19.0 Å². The molecular formula is C27H32O7. The second-order valence-electron chi connectivity index (χ2n) is 7.63. The summed E-state index contributed by atoms with van der Waals surface area (Å²) in [7, 11) is 0. The van der Waals surface area contributed by atoms with Crippen LogP contribution in [0.2, 0.25) is 0 Å². The van der Waals surface area contributed by atoms with Gasteiger partial charge in [0.05, 0.1) is 13.2 Å². The number of carbonyl (C=O) groups excluding carboxylic acids is 2. The Morgan fingerprint density at radius 2 is 1.44 bits per heavy atom. The Hall–Kier alpha value is -3.74. The lowest BCUT2D eigenvalue weighted by Crippen LogP contribution is -2.21. The Bertz CT molecular complexity index is 1010. The average Bonchev–Trinajstić information content (AvgIpc) is 2.83. The van der Waals surface area contributed by atoms with Crippen LogP contribution in [0.15, 0.2) is 61.7 Å². The van der Waals surface area contributed by atoms with E-state index in [1.807, 2.05) is 44.2 Å². The third-order valence-corrected chi connectivity index (χ3v) is 5.04. The maximum Gasteiger partial charge on any atom is 0.335 e. The van der Waals surface area contributed by atoms with E-state index < -0.39 is 17.4 Å². The summed E-state index contributed by atoms with van der Waals surface area (Å²) in [6.45, 7) is 15.8. The van der Waals surface area contributed by atoms with E-state index in [0.29, 0.717) is 30.5 Å². The van der Waals surface area contributed by atoms with Crippen LogP contribution < -0.4 is 18.9 Å².